The molecule has 136 valence electrons. The molecule has 0 spiro atoms. The Hall–Kier alpha value is -2.26. The van der Waals surface area contributed by atoms with E-state index in [0.717, 1.165) is 0 Å². The Labute approximate surface area is 151 Å². The van der Waals surface area contributed by atoms with Gasteiger partial charge in [-0.2, -0.15) is 12.8 Å². The van der Waals surface area contributed by atoms with Crippen LogP contribution in [0.15, 0.2) is 56.3 Å². The SMILES string of the molecule is C=CNC(=NS(=O)(=O)c1ccccc1Cl)N(C)C(C)C=NC(F)=NC. The Kier molecular flexibility index (Phi) is 7.72. The first-order valence-electron chi connectivity index (χ1n) is 7.09. The van der Waals surface area contributed by atoms with Crippen LogP contribution in [-0.4, -0.2) is 51.7 Å². The van der Waals surface area contributed by atoms with E-state index < -0.39 is 22.2 Å². The van der Waals surface area contributed by atoms with Crippen molar-refractivity contribution in [3.05, 3.63) is 42.1 Å². The monoisotopic (exact) mass is 387 g/mol. The van der Waals surface area contributed by atoms with Gasteiger partial charge < -0.3 is 10.2 Å². The smallest absolute Gasteiger partial charge is 0.303 e. The van der Waals surface area contributed by atoms with Crippen LogP contribution >= 0.6 is 11.6 Å². The van der Waals surface area contributed by atoms with E-state index in [1.165, 1.54) is 36.5 Å². The third-order valence-electron chi connectivity index (χ3n) is 3.08. The van der Waals surface area contributed by atoms with Crippen molar-refractivity contribution in [1.29, 1.82) is 0 Å². The van der Waals surface area contributed by atoms with Crippen LogP contribution in [-0.2, 0) is 10.0 Å². The molecule has 0 aliphatic carbocycles. The minimum absolute atomic E-state index is 0.0253. The van der Waals surface area contributed by atoms with E-state index in [0.29, 0.717) is 0 Å². The molecule has 0 fully saturated rings. The van der Waals surface area contributed by atoms with E-state index in [2.05, 4.69) is 26.3 Å². The van der Waals surface area contributed by atoms with Crippen molar-refractivity contribution in [2.45, 2.75) is 17.9 Å². The van der Waals surface area contributed by atoms with Gasteiger partial charge in [-0.1, -0.05) is 30.3 Å². The summed E-state index contributed by atoms with van der Waals surface area (Å²) in [5, 5.41) is 2.70. The van der Waals surface area contributed by atoms with Gasteiger partial charge in [0.05, 0.1) is 11.1 Å². The van der Waals surface area contributed by atoms with Crippen molar-refractivity contribution in [3.63, 3.8) is 0 Å². The highest BCUT2D eigenvalue weighted by atomic mass is 35.5. The minimum Gasteiger partial charge on any atom is -0.337 e. The molecule has 1 unspecified atom stereocenters. The van der Waals surface area contributed by atoms with Crippen LogP contribution in [0.25, 0.3) is 0 Å². The second-order valence-electron chi connectivity index (χ2n) is 4.79. The lowest BCUT2D eigenvalue weighted by atomic mass is 10.3. The topological polar surface area (TPSA) is 86.5 Å². The molecule has 0 radical (unpaired) electrons. The van der Waals surface area contributed by atoms with Gasteiger partial charge in [0.15, 0.2) is 0 Å². The van der Waals surface area contributed by atoms with E-state index in [4.69, 9.17) is 11.6 Å². The molecule has 7 nitrogen and oxygen atoms in total. The molecule has 1 atom stereocenters. The van der Waals surface area contributed by atoms with Crippen molar-refractivity contribution in [2.75, 3.05) is 14.1 Å². The van der Waals surface area contributed by atoms with Crippen LogP contribution in [0.5, 0.6) is 0 Å². The number of hydrogen-bond acceptors (Lipinski definition) is 3. The van der Waals surface area contributed by atoms with E-state index in [1.54, 1.807) is 26.1 Å². The standard InChI is InChI=1S/C15H19ClFN5O2S/c1-5-19-15(22(4)11(2)10-20-14(17)18-3)21-25(23,24)13-9-7-6-8-12(13)16/h5-11H,1H2,2-4H3,(H,19,21). The molecule has 0 aromatic heterocycles. The summed E-state index contributed by atoms with van der Waals surface area (Å²) in [5.74, 6) is -0.0253. The fourth-order valence-corrected chi connectivity index (χ4v) is 3.12. The number of guanidine groups is 1. The summed E-state index contributed by atoms with van der Waals surface area (Å²) in [6.07, 6.45) is 1.65. The van der Waals surface area contributed by atoms with E-state index in [9.17, 15) is 12.8 Å². The van der Waals surface area contributed by atoms with Crippen LogP contribution in [0.2, 0.25) is 5.02 Å². The van der Waals surface area contributed by atoms with Crippen molar-refractivity contribution in [2.24, 2.45) is 14.4 Å². The van der Waals surface area contributed by atoms with Crippen LogP contribution in [0.3, 0.4) is 0 Å². The molecule has 0 bridgehead atoms. The Bertz CT molecular complexity index is 808. The molecule has 25 heavy (non-hydrogen) atoms. The van der Waals surface area contributed by atoms with Gasteiger partial charge in [-0.3, -0.25) is 0 Å². The molecule has 0 saturated carbocycles. The highest BCUT2D eigenvalue weighted by Crippen LogP contribution is 2.22. The van der Waals surface area contributed by atoms with Crippen LogP contribution < -0.4 is 5.32 Å². The summed E-state index contributed by atoms with van der Waals surface area (Å²) in [5.41, 5.74) is 0. The first kappa shape index (κ1) is 20.8. The molecule has 1 aromatic rings. The third-order valence-corrected chi connectivity index (χ3v) is 4.85. The van der Waals surface area contributed by atoms with E-state index >= 15 is 0 Å². The molecule has 1 N–H and O–H groups in total. The highest BCUT2D eigenvalue weighted by molar-refractivity contribution is 7.90. The quantitative estimate of drug-likeness (QED) is 0.477. The normalized spacial score (nSPS) is 14.4. The predicted octanol–water partition coefficient (Wildman–Crippen LogP) is 2.46. The second kappa shape index (κ2) is 9.28. The largest absolute Gasteiger partial charge is 0.337 e. The van der Waals surface area contributed by atoms with Crippen LogP contribution in [0.4, 0.5) is 4.39 Å². The molecule has 0 amide bonds. The Morgan fingerprint density at radius 1 is 1.44 bits per heavy atom. The first-order valence-corrected chi connectivity index (χ1v) is 8.91. The van der Waals surface area contributed by atoms with Crippen molar-refractivity contribution >= 4 is 39.9 Å². The number of sulfonamides is 1. The second-order valence-corrected chi connectivity index (χ2v) is 6.77. The number of rotatable bonds is 5. The summed E-state index contributed by atoms with van der Waals surface area (Å²) in [4.78, 5) is 8.10. The van der Waals surface area contributed by atoms with Crippen molar-refractivity contribution in [1.82, 2.24) is 10.2 Å². The van der Waals surface area contributed by atoms with Crippen LogP contribution in [0, 0.1) is 0 Å². The fraction of sp³-hybridized carbons (Fsp3) is 0.267. The van der Waals surface area contributed by atoms with E-state index in [1.807, 2.05) is 0 Å². The summed E-state index contributed by atoms with van der Waals surface area (Å²) in [6.45, 7) is 5.17. The Morgan fingerprint density at radius 2 is 2.08 bits per heavy atom. The lowest BCUT2D eigenvalue weighted by Gasteiger charge is -2.24. The first-order chi connectivity index (χ1) is 11.7. The molecule has 0 aliphatic heterocycles. The van der Waals surface area contributed by atoms with Gasteiger partial charge in [0, 0.05) is 20.3 Å². The van der Waals surface area contributed by atoms with Gasteiger partial charge in [-0.05, 0) is 25.3 Å². The van der Waals surface area contributed by atoms with Gasteiger partial charge >= 0.3 is 6.09 Å². The number of benzene rings is 1. The molecule has 1 aromatic carbocycles. The third kappa shape index (κ3) is 5.95. The van der Waals surface area contributed by atoms with Crippen LogP contribution in [0.1, 0.15) is 6.92 Å². The average molecular weight is 388 g/mol. The molecule has 0 aliphatic rings. The number of nitrogens with zero attached hydrogens (tertiary/aromatic N) is 4. The van der Waals surface area contributed by atoms with Gasteiger partial charge in [-0.15, -0.1) is 4.40 Å². The zero-order chi connectivity index (χ0) is 19.0. The summed E-state index contributed by atoms with van der Waals surface area (Å²) >= 11 is 5.93. The summed E-state index contributed by atoms with van der Waals surface area (Å²) < 4.78 is 41.7. The summed E-state index contributed by atoms with van der Waals surface area (Å²) in [6, 6.07) is 5.48. The molecular formula is C15H19ClFN5O2S. The number of amidine groups is 1. The van der Waals surface area contributed by atoms with Gasteiger partial charge in [0.1, 0.15) is 4.90 Å². The number of aliphatic imine (C=N–C) groups is 2. The van der Waals surface area contributed by atoms with Gasteiger partial charge in [0.2, 0.25) is 5.96 Å². The molecule has 0 saturated heterocycles. The predicted molar refractivity (Wildman–Crippen MR) is 99.6 cm³/mol. The Balaban J connectivity index is 3.21. The average Bonchev–Trinajstić information content (AvgIpc) is 2.58. The summed E-state index contributed by atoms with van der Waals surface area (Å²) in [7, 11) is -1.23. The maximum atomic E-state index is 13.0. The molecule has 10 heteroatoms. The zero-order valence-electron chi connectivity index (χ0n) is 14.0. The highest BCUT2D eigenvalue weighted by Gasteiger charge is 2.20. The lowest BCUT2D eigenvalue weighted by Crippen LogP contribution is -2.43. The minimum atomic E-state index is -4.07. The number of nitrogens with one attached hydrogen (secondary N) is 1. The number of halogens is 2. The van der Waals surface area contributed by atoms with Crippen molar-refractivity contribution in [3.8, 4) is 0 Å². The molecule has 1 rings (SSSR count). The van der Waals surface area contributed by atoms with Gasteiger partial charge in [-0.25, -0.2) is 9.98 Å². The van der Waals surface area contributed by atoms with Gasteiger partial charge in [0.25, 0.3) is 10.0 Å². The Morgan fingerprint density at radius 3 is 2.64 bits per heavy atom. The number of hydrogen-bond donors (Lipinski definition) is 1. The maximum absolute atomic E-state index is 13.0. The lowest BCUT2D eigenvalue weighted by molar-refractivity contribution is 0.467. The maximum Gasteiger partial charge on any atom is 0.303 e. The fourth-order valence-electron chi connectivity index (χ4n) is 1.62. The molecule has 0 heterocycles. The zero-order valence-corrected chi connectivity index (χ0v) is 15.6. The molecular weight excluding hydrogens is 369 g/mol. The van der Waals surface area contributed by atoms with Crippen molar-refractivity contribution < 1.29 is 12.8 Å². The van der Waals surface area contributed by atoms with E-state index in [-0.39, 0.29) is 15.9 Å².